The first-order valence-electron chi connectivity index (χ1n) is 8.48. The molecular formula is C18H28B2O4. The van der Waals surface area contributed by atoms with E-state index in [1.54, 1.807) is 12.2 Å². The normalized spacial score (nSPS) is 13.5. The van der Waals surface area contributed by atoms with Crippen molar-refractivity contribution in [2.75, 3.05) is 0 Å². The van der Waals surface area contributed by atoms with Gasteiger partial charge >= 0.3 is 5.97 Å². The fourth-order valence-electron chi connectivity index (χ4n) is 2.03. The molecule has 0 aromatic carbocycles. The van der Waals surface area contributed by atoms with Gasteiger partial charge in [-0.3, -0.25) is 4.79 Å². The lowest BCUT2D eigenvalue weighted by Gasteiger charge is -2.19. The molecule has 4 nitrogen and oxygen atoms in total. The predicted molar refractivity (Wildman–Crippen MR) is 99.0 cm³/mol. The van der Waals surface area contributed by atoms with E-state index in [1.807, 2.05) is 13.0 Å². The second kappa shape index (κ2) is 12.2. The number of hydrogen-bond donors (Lipinski definition) is 3. The first kappa shape index (κ1) is 22.7. The summed E-state index contributed by atoms with van der Waals surface area (Å²) in [7, 11) is 11.6. The maximum Gasteiger partial charge on any atom is 0.303 e. The SMILES string of the molecule is [B]C([B])(/C=C\CC)/C=C\C(O)(O)/C=C\CCCCCCCC(=O)O. The fraction of sp³-hybridized carbons (Fsp3) is 0.611. The Morgan fingerprint density at radius 2 is 1.54 bits per heavy atom. The highest BCUT2D eigenvalue weighted by molar-refractivity contribution is 6.42. The summed E-state index contributed by atoms with van der Waals surface area (Å²) in [5.41, 5.74) is 0. The molecule has 4 radical (unpaired) electrons. The van der Waals surface area contributed by atoms with Gasteiger partial charge in [-0.25, -0.2) is 0 Å². The molecule has 6 heteroatoms. The van der Waals surface area contributed by atoms with E-state index in [-0.39, 0.29) is 6.42 Å². The van der Waals surface area contributed by atoms with E-state index in [0.717, 1.165) is 44.6 Å². The number of allylic oxidation sites excluding steroid dienone is 4. The lowest BCUT2D eigenvalue weighted by atomic mass is 9.54. The quantitative estimate of drug-likeness (QED) is 0.210. The fourth-order valence-corrected chi connectivity index (χ4v) is 2.03. The van der Waals surface area contributed by atoms with Crippen molar-refractivity contribution >= 4 is 21.7 Å². The minimum absolute atomic E-state index is 0.223. The zero-order valence-electron chi connectivity index (χ0n) is 14.5. The first-order valence-corrected chi connectivity index (χ1v) is 8.48. The van der Waals surface area contributed by atoms with E-state index < -0.39 is 17.0 Å². The molecule has 0 fully saturated rings. The van der Waals surface area contributed by atoms with Crippen LogP contribution in [0.25, 0.3) is 0 Å². The molecule has 0 amide bonds. The summed E-state index contributed by atoms with van der Waals surface area (Å²) in [4.78, 5) is 10.4. The molecule has 0 aromatic rings. The second-order valence-electron chi connectivity index (χ2n) is 6.03. The van der Waals surface area contributed by atoms with Gasteiger partial charge in [-0.2, -0.15) is 0 Å². The number of hydrogen-bond acceptors (Lipinski definition) is 3. The van der Waals surface area contributed by atoms with Crippen LogP contribution in [-0.4, -0.2) is 42.8 Å². The Morgan fingerprint density at radius 3 is 2.17 bits per heavy atom. The molecule has 0 bridgehead atoms. The molecule has 24 heavy (non-hydrogen) atoms. The summed E-state index contributed by atoms with van der Waals surface area (Å²) in [5, 5.41) is 26.9. The van der Waals surface area contributed by atoms with E-state index in [0.29, 0.717) is 6.42 Å². The highest BCUT2D eigenvalue weighted by Gasteiger charge is 2.16. The van der Waals surface area contributed by atoms with Gasteiger partial charge in [0.15, 0.2) is 0 Å². The van der Waals surface area contributed by atoms with Crippen molar-refractivity contribution in [3.05, 3.63) is 36.5 Å². The van der Waals surface area contributed by atoms with Crippen molar-refractivity contribution in [1.29, 1.82) is 0 Å². The molecule has 130 valence electrons. The van der Waals surface area contributed by atoms with Crippen LogP contribution in [-0.2, 0) is 4.79 Å². The second-order valence-corrected chi connectivity index (χ2v) is 6.03. The molecule has 0 aliphatic heterocycles. The number of aliphatic hydroxyl groups is 2. The van der Waals surface area contributed by atoms with Crippen LogP contribution in [0.2, 0.25) is 5.21 Å². The summed E-state index contributed by atoms with van der Waals surface area (Å²) >= 11 is 0. The Labute approximate surface area is 148 Å². The van der Waals surface area contributed by atoms with E-state index in [1.165, 1.54) is 12.2 Å². The molecule has 0 unspecified atom stereocenters. The molecule has 0 aliphatic rings. The predicted octanol–water partition coefficient (Wildman–Crippen LogP) is 3.01. The minimum Gasteiger partial charge on any atom is -0.481 e. The van der Waals surface area contributed by atoms with E-state index in [9.17, 15) is 15.0 Å². The van der Waals surface area contributed by atoms with Crippen LogP contribution in [0.1, 0.15) is 58.3 Å². The minimum atomic E-state index is -2.08. The Balaban J connectivity index is 4.02. The molecule has 0 aromatic heterocycles. The molecule has 0 spiro atoms. The van der Waals surface area contributed by atoms with Gasteiger partial charge in [0.05, 0.1) is 15.7 Å². The smallest absolute Gasteiger partial charge is 0.303 e. The zero-order chi connectivity index (χ0) is 18.5. The highest BCUT2D eigenvalue weighted by Crippen LogP contribution is 2.22. The molecule has 0 atom stereocenters. The summed E-state index contributed by atoms with van der Waals surface area (Å²) in [5.74, 6) is -2.83. The van der Waals surface area contributed by atoms with Crippen molar-refractivity contribution in [3.63, 3.8) is 0 Å². The number of carboxylic acids is 1. The van der Waals surface area contributed by atoms with Gasteiger partial charge in [-0.05, 0) is 37.8 Å². The van der Waals surface area contributed by atoms with Gasteiger partial charge in [0.25, 0.3) is 0 Å². The molecular weight excluding hydrogens is 302 g/mol. The van der Waals surface area contributed by atoms with Crippen LogP contribution in [0.5, 0.6) is 0 Å². The van der Waals surface area contributed by atoms with Crippen LogP contribution in [0.3, 0.4) is 0 Å². The van der Waals surface area contributed by atoms with Crippen LogP contribution in [0, 0.1) is 0 Å². The first-order chi connectivity index (χ1) is 11.2. The number of carboxylic acid groups (broad SMARTS) is 1. The topological polar surface area (TPSA) is 77.8 Å². The Kier molecular flexibility index (Phi) is 11.5. The number of aliphatic carboxylic acids is 1. The summed E-state index contributed by atoms with van der Waals surface area (Å²) in [6, 6.07) is 0. The molecule has 3 N–H and O–H groups in total. The Hall–Kier alpha value is -1.26. The van der Waals surface area contributed by atoms with Gasteiger partial charge in [0.1, 0.15) is 0 Å². The van der Waals surface area contributed by atoms with Crippen LogP contribution < -0.4 is 0 Å². The van der Waals surface area contributed by atoms with E-state index in [4.69, 9.17) is 20.8 Å². The third-order valence-electron chi connectivity index (χ3n) is 3.38. The number of unbranched alkanes of at least 4 members (excludes halogenated alkanes) is 5. The van der Waals surface area contributed by atoms with Gasteiger partial charge in [0.2, 0.25) is 5.79 Å². The number of carbonyl (C=O) groups is 1. The Bertz CT molecular complexity index is 440. The van der Waals surface area contributed by atoms with Crippen molar-refractivity contribution in [3.8, 4) is 0 Å². The van der Waals surface area contributed by atoms with Gasteiger partial charge in [0, 0.05) is 6.42 Å². The van der Waals surface area contributed by atoms with Crippen molar-refractivity contribution in [1.82, 2.24) is 0 Å². The van der Waals surface area contributed by atoms with E-state index >= 15 is 0 Å². The molecule has 0 heterocycles. The average molecular weight is 330 g/mol. The summed E-state index contributed by atoms with van der Waals surface area (Å²) in [6.45, 7) is 1.95. The molecule has 0 aliphatic carbocycles. The Morgan fingerprint density at radius 1 is 0.917 bits per heavy atom. The molecule has 0 saturated carbocycles. The maximum atomic E-state index is 10.4. The standard InChI is InChI=1S/C18H28B2O4/c1-2-3-12-17(19,20)14-15-18(23,24)13-10-8-6-4-5-7-9-11-16(21)22/h3,10,12-15,23-24H,2,4-9,11H2,1H3,(H,21,22)/b12-3-,13-10-,15-14-. The highest BCUT2D eigenvalue weighted by atomic mass is 16.5. The molecule has 0 rings (SSSR count). The van der Waals surface area contributed by atoms with Crippen molar-refractivity contribution in [2.45, 2.75) is 69.3 Å². The van der Waals surface area contributed by atoms with Crippen molar-refractivity contribution < 1.29 is 20.1 Å². The van der Waals surface area contributed by atoms with Gasteiger partial charge < -0.3 is 15.3 Å². The lowest BCUT2D eigenvalue weighted by Crippen LogP contribution is -2.22. The third kappa shape index (κ3) is 14.3. The average Bonchev–Trinajstić information content (AvgIpc) is 2.49. The van der Waals surface area contributed by atoms with Crippen LogP contribution >= 0.6 is 0 Å². The van der Waals surface area contributed by atoms with Crippen LogP contribution in [0.15, 0.2) is 36.5 Å². The van der Waals surface area contributed by atoms with Gasteiger partial charge in [-0.15, -0.1) is 0 Å². The zero-order valence-corrected chi connectivity index (χ0v) is 14.5. The monoisotopic (exact) mass is 330 g/mol. The summed E-state index contributed by atoms with van der Waals surface area (Å²) in [6.07, 6.45) is 15.2. The number of rotatable bonds is 13. The lowest BCUT2D eigenvalue weighted by molar-refractivity contribution is -0.137. The van der Waals surface area contributed by atoms with Gasteiger partial charge in [-0.1, -0.05) is 55.7 Å². The van der Waals surface area contributed by atoms with Crippen molar-refractivity contribution in [2.24, 2.45) is 0 Å². The summed E-state index contributed by atoms with van der Waals surface area (Å²) < 4.78 is 0. The largest absolute Gasteiger partial charge is 0.481 e. The maximum absolute atomic E-state index is 10.4. The third-order valence-corrected chi connectivity index (χ3v) is 3.38. The molecule has 0 saturated heterocycles. The van der Waals surface area contributed by atoms with Crippen LogP contribution in [0.4, 0.5) is 0 Å². The van der Waals surface area contributed by atoms with E-state index in [2.05, 4.69) is 0 Å².